The lowest BCUT2D eigenvalue weighted by Crippen LogP contribution is -2.40. The first-order chi connectivity index (χ1) is 18.2. The van der Waals surface area contributed by atoms with Gasteiger partial charge in [-0.15, -0.1) is 0 Å². The van der Waals surface area contributed by atoms with Gasteiger partial charge in [0, 0.05) is 23.6 Å². The molecule has 2 N–H and O–H groups in total. The topological polar surface area (TPSA) is 135 Å². The van der Waals surface area contributed by atoms with E-state index in [0.29, 0.717) is 40.4 Å². The van der Waals surface area contributed by atoms with E-state index in [9.17, 15) is 18.0 Å². The number of aromatic nitrogens is 1. The smallest absolute Gasteiger partial charge is 0.410 e. The molecular formula is C25H24ClN3O7S2. The van der Waals surface area contributed by atoms with Gasteiger partial charge in [-0.3, -0.25) is 9.62 Å². The molecular weight excluding hydrogens is 554 g/mol. The summed E-state index contributed by atoms with van der Waals surface area (Å²) < 4.78 is 38.8. The summed E-state index contributed by atoms with van der Waals surface area (Å²) in [5.41, 5.74) is 1.89. The van der Waals surface area contributed by atoms with Gasteiger partial charge in [-0.25, -0.2) is 23.0 Å². The molecule has 3 aromatic rings. The molecule has 200 valence electrons. The van der Waals surface area contributed by atoms with Crippen molar-refractivity contribution in [3.05, 3.63) is 75.3 Å². The van der Waals surface area contributed by atoms with Crippen LogP contribution in [0.4, 0.5) is 9.93 Å². The van der Waals surface area contributed by atoms with Crippen molar-refractivity contribution in [1.82, 2.24) is 9.88 Å². The van der Waals surface area contributed by atoms with Crippen LogP contribution in [-0.4, -0.2) is 53.9 Å². The molecule has 1 aliphatic heterocycles. The van der Waals surface area contributed by atoms with Gasteiger partial charge < -0.3 is 14.6 Å². The van der Waals surface area contributed by atoms with E-state index >= 15 is 0 Å². The highest BCUT2D eigenvalue weighted by atomic mass is 35.5. The molecule has 2 aliphatic rings. The number of sulfonamides is 1. The van der Waals surface area contributed by atoms with Crippen molar-refractivity contribution in [3.63, 3.8) is 0 Å². The number of nitrogens with zero attached hydrogens (tertiary/aromatic N) is 2. The molecule has 1 atom stereocenters. The maximum absolute atomic E-state index is 13.4. The van der Waals surface area contributed by atoms with Gasteiger partial charge >= 0.3 is 12.1 Å². The van der Waals surface area contributed by atoms with Crippen LogP contribution in [0.2, 0.25) is 5.02 Å². The summed E-state index contributed by atoms with van der Waals surface area (Å²) in [6, 6.07) is 13.2. The van der Waals surface area contributed by atoms with Crippen LogP contribution in [0.15, 0.2) is 48.5 Å². The molecule has 0 radical (unpaired) electrons. The Morgan fingerprint density at radius 1 is 1.18 bits per heavy atom. The average molecular weight is 578 g/mol. The van der Waals surface area contributed by atoms with Gasteiger partial charge in [0.15, 0.2) is 11.7 Å². The third kappa shape index (κ3) is 5.87. The lowest BCUT2D eigenvalue weighted by Gasteiger charge is -2.35. The Labute approximate surface area is 228 Å². The number of amides is 1. The molecule has 5 rings (SSSR count). The highest BCUT2D eigenvalue weighted by Crippen LogP contribution is 2.45. The lowest BCUT2D eigenvalue weighted by atomic mass is 9.97. The molecule has 10 nitrogen and oxygen atoms in total. The number of ether oxygens (including phenoxy) is 2. The molecule has 0 spiro atoms. The van der Waals surface area contributed by atoms with Gasteiger partial charge in [-0.2, -0.15) is 0 Å². The minimum absolute atomic E-state index is 0.0583. The number of carbonyl (C=O) groups is 2. The summed E-state index contributed by atoms with van der Waals surface area (Å²) in [6.45, 7) is -0.306. The first-order valence-corrected chi connectivity index (χ1v) is 14.6. The number of carboxylic acid groups (broad SMARTS) is 1. The monoisotopic (exact) mass is 577 g/mol. The highest BCUT2D eigenvalue weighted by Gasteiger charge is 2.40. The second-order valence-electron chi connectivity index (χ2n) is 8.93. The lowest BCUT2D eigenvalue weighted by molar-refractivity contribution is -0.139. The Morgan fingerprint density at radius 2 is 1.95 bits per heavy atom. The zero-order chi connectivity index (χ0) is 26.9. The molecule has 1 unspecified atom stereocenters. The Balaban J connectivity index is 1.51. The molecule has 1 saturated carbocycles. The molecule has 1 fully saturated rings. The number of hydrogen-bond acceptors (Lipinski definition) is 8. The van der Waals surface area contributed by atoms with E-state index in [1.807, 2.05) is 30.3 Å². The Morgan fingerprint density at radius 3 is 2.66 bits per heavy atom. The highest BCUT2D eigenvalue weighted by molar-refractivity contribution is 7.93. The fourth-order valence-electron chi connectivity index (χ4n) is 4.19. The van der Waals surface area contributed by atoms with Crippen molar-refractivity contribution < 1.29 is 32.6 Å². The molecule has 38 heavy (non-hydrogen) atoms. The van der Waals surface area contributed by atoms with E-state index in [1.165, 1.54) is 4.90 Å². The van der Waals surface area contributed by atoms with Crippen LogP contribution in [0.1, 0.15) is 40.6 Å². The number of carbonyl (C=O) groups excluding carboxylic acids is 1. The summed E-state index contributed by atoms with van der Waals surface area (Å²) in [5.74, 6) is -0.937. The molecule has 2 heterocycles. The van der Waals surface area contributed by atoms with Gasteiger partial charge in [0.25, 0.3) is 0 Å². The largest absolute Gasteiger partial charge is 0.482 e. The quantitative estimate of drug-likeness (QED) is 0.381. The number of halogens is 1. The van der Waals surface area contributed by atoms with Crippen LogP contribution < -0.4 is 9.46 Å². The molecule has 2 aromatic carbocycles. The fraction of sp³-hybridized carbons (Fsp3) is 0.320. The summed E-state index contributed by atoms with van der Waals surface area (Å²) in [7, 11) is -3.54. The van der Waals surface area contributed by atoms with E-state index in [2.05, 4.69) is 9.71 Å². The molecule has 1 aromatic heterocycles. The maximum atomic E-state index is 13.4. The fourth-order valence-corrected chi connectivity index (χ4v) is 7.10. The molecule has 1 aliphatic carbocycles. The van der Waals surface area contributed by atoms with E-state index in [0.717, 1.165) is 16.9 Å². The Bertz CT molecular complexity index is 1460. The van der Waals surface area contributed by atoms with Gasteiger partial charge in [-0.05, 0) is 36.6 Å². The first kappa shape index (κ1) is 26.3. The molecule has 0 saturated heterocycles. The number of carboxylic acids is 1. The van der Waals surface area contributed by atoms with Crippen LogP contribution in [0, 0.1) is 0 Å². The van der Waals surface area contributed by atoms with Crippen LogP contribution in [0.25, 0.3) is 0 Å². The zero-order valence-electron chi connectivity index (χ0n) is 20.0. The van der Waals surface area contributed by atoms with Gasteiger partial charge in [0.2, 0.25) is 10.0 Å². The minimum Gasteiger partial charge on any atom is -0.482 e. The third-order valence-corrected chi connectivity index (χ3v) is 9.38. The van der Waals surface area contributed by atoms with E-state index in [1.54, 1.807) is 18.2 Å². The summed E-state index contributed by atoms with van der Waals surface area (Å²) in [5, 5.41) is 9.30. The number of fused-ring (bicyclic) bond motifs is 1. The van der Waals surface area contributed by atoms with Crippen LogP contribution in [-0.2, 0) is 32.6 Å². The SMILES string of the molecule is O=C(O)COc1ccc(Cl)cc1C1c2sc(NS(=O)(=O)C3CC3)nc2CCN1C(=O)OCc1ccccc1. The number of aliphatic carboxylic acids is 1. The van der Waals surface area contributed by atoms with Crippen molar-refractivity contribution in [3.8, 4) is 5.75 Å². The van der Waals surface area contributed by atoms with Crippen molar-refractivity contribution >= 4 is 50.2 Å². The van der Waals surface area contributed by atoms with Gasteiger partial charge in [0.1, 0.15) is 18.4 Å². The van der Waals surface area contributed by atoms with E-state index < -0.39 is 40.0 Å². The van der Waals surface area contributed by atoms with E-state index in [4.69, 9.17) is 26.2 Å². The van der Waals surface area contributed by atoms with Crippen molar-refractivity contribution in [2.45, 2.75) is 37.2 Å². The van der Waals surface area contributed by atoms with Crippen molar-refractivity contribution in [2.24, 2.45) is 0 Å². The normalized spacial score (nSPS) is 17.0. The predicted octanol–water partition coefficient (Wildman–Crippen LogP) is 4.45. The van der Waals surface area contributed by atoms with Gasteiger partial charge in [-0.1, -0.05) is 53.3 Å². The number of thiazole rings is 1. The van der Waals surface area contributed by atoms with E-state index in [-0.39, 0.29) is 24.0 Å². The molecule has 13 heteroatoms. The van der Waals surface area contributed by atoms with Crippen molar-refractivity contribution in [1.29, 1.82) is 0 Å². The number of rotatable bonds is 9. The summed E-state index contributed by atoms with van der Waals surface area (Å²) >= 11 is 7.44. The minimum atomic E-state index is -3.54. The Kier molecular flexibility index (Phi) is 7.46. The van der Waals surface area contributed by atoms with Crippen LogP contribution in [0.5, 0.6) is 5.75 Å². The number of nitrogens with one attached hydrogen (secondary N) is 1. The summed E-state index contributed by atoms with van der Waals surface area (Å²) in [4.78, 5) is 31.2. The van der Waals surface area contributed by atoms with Crippen molar-refractivity contribution in [2.75, 3.05) is 17.9 Å². The first-order valence-electron chi connectivity index (χ1n) is 11.8. The number of anilines is 1. The average Bonchev–Trinajstić information content (AvgIpc) is 3.68. The Hall–Kier alpha value is -3.35. The van der Waals surface area contributed by atoms with Crippen LogP contribution >= 0.6 is 22.9 Å². The van der Waals surface area contributed by atoms with Gasteiger partial charge in [0.05, 0.1) is 15.8 Å². The molecule has 1 amide bonds. The second-order valence-corrected chi connectivity index (χ2v) is 12.4. The predicted molar refractivity (Wildman–Crippen MR) is 141 cm³/mol. The standard InChI is InChI=1S/C25H24ClN3O7S2/c26-16-6-9-20(35-14-21(30)31)18(12-16)22-23-19(27-24(37-23)28-38(33,34)17-7-8-17)10-11-29(22)25(32)36-13-15-4-2-1-3-5-15/h1-6,9,12,17,22H,7-8,10-11,13-14H2,(H,27,28)(H,30,31). The zero-order valence-corrected chi connectivity index (χ0v) is 22.4. The van der Waals surface area contributed by atoms with Crippen LogP contribution in [0.3, 0.4) is 0 Å². The maximum Gasteiger partial charge on any atom is 0.410 e. The summed E-state index contributed by atoms with van der Waals surface area (Å²) in [6.07, 6.45) is 0.996. The number of benzene rings is 2. The third-order valence-electron chi connectivity index (χ3n) is 6.13. The second kappa shape index (κ2) is 10.8. The molecule has 0 bridgehead atoms. The number of hydrogen-bond donors (Lipinski definition) is 2.